The maximum Gasteiger partial charge on any atom is 0.243 e. The van der Waals surface area contributed by atoms with Crippen LogP contribution in [0.4, 0.5) is 11.5 Å². The number of aliphatic hydroxyl groups excluding tert-OH is 1. The second-order valence-corrected chi connectivity index (χ2v) is 5.64. The Kier molecular flexibility index (Phi) is 4.75. The number of ether oxygens (including phenoxy) is 1. The second-order valence-electron chi connectivity index (χ2n) is 5.64. The van der Waals surface area contributed by atoms with E-state index in [4.69, 9.17) is 21.3 Å². The largest absolute Gasteiger partial charge is 0.457 e. The maximum absolute atomic E-state index is 11.6. The van der Waals surface area contributed by atoms with Gasteiger partial charge < -0.3 is 31.6 Å². The first kappa shape index (κ1) is 17.3. The molecule has 3 aromatic rings. The number of H-pyrrole nitrogens is 1. The van der Waals surface area contributed by atoms with E-state index in [2.05, 4.69) is 16.4 Å². The highest BCUT2D eigenvalue weighted by atomic mass is 16.5. The Morgan fingerprint density at radius 2 is 1.96 bits per heavy atom. The van der Waals surface area contributed by atoms with Crippen LogP contribution >= 0.6 is 0 Å². The molecular formula is C18H17N5O3. The third-order valence-corrected chi connectivity index (χ3v) is 3.80. The summed E-state index contributed by atoms with van der Waals surface area (Å²) in [6.07, 6.45) is 0. The number of anilines is 2. The molecule has 1 heterocycles. The number of aromatic nitrogens is 1. The minimum Gasteiger partial charge on any atom is -0.457 e. The fourth-order valence-corrected chi connectivity index (χ4v) is 2.44. The molecule has 0 aliphatic rings. The number of nitrogens with two attached hydrogens (primary N) is 2. The van der Waals surface area contributed by atoms with Crippen molar-refractivity contribution < 1.29 is 14.6 Å². The van der Waals surface area contributed by atoms with E-state index in [9.17, 15) is 10.1 Å². The topological polar surface area (TPSA) is 150 Å². The van der Waals surface area contributed by atoms with Crippen LogP contribution in [0.15, 0.2) is 42.5 Å². The zero-order valence-electron chi connectivity index (χ0n) is 13.7. The van der Waals surface area contributed by atoms with Crippen molar-refractivity contribution in [1.82, 2.24) is 4.98 Å². The first-order valence-corrected chi connectivity index (χ1v) is 7.78. The van der Waals surface area contributed by atoms with E-state index < -0.39 is 18.6 Å². The Bertz CT molecular complexity index is 988. The summed E-state index contributed by atoms with van der Waals surface area (Å²) in [4.78, 5) is 14.6. The standard InChI is InChI=1S/C18H17N5O3/c19-8-14-13-7-12(5-6-16(13)23-17(14)21)26-11-3-1-10(2-4-11)22-18(25)15(20)9-24/h1-7,15,23-24H,9,20-21H2,(H,22,25)/t15-/m0/s1. The molecule has 26 heavy (non-hydrogen) atoms. The summed E-state index contributed by atoms with van der Waals surface area (Å²) in [5.41, 5.74) is 12.9. The third kappa shape index (κ3) is 3.44. The number of carbonyl (C=O) groups is 1. The summed E-state index contributed by atoms with van der Waals surface area (Å²) >= 11 is 0. The first-order valence-electron chi connectivity index (χ1n) is 7.78. The van der Waals surface area contributed by atoms with Crippen LogP contribution in [0.5, 0.6) is 11.5 Å². The second kappa shape index (κ2) is 7.14. The number of nitrogens with zero attached hydrogens (tertiary/aromatic N) is 1. The van der Waals surface area contributed by atoms with E-state index in [1.54, 1.807) is 42.5 Å². The van der Waals surface area contributed by atoms with Gasteiger partial charge in [0.1, 0.15) is 35.0 Å². The molecule has 0 spiro atoms. The Morgan fingerprint density at radius 3 is 2.62 bits per heavy atom. The fraction of sp³-hybridized carbons (Fsp3) is 0.111. The minimum atomic E-state index is -0.972. The van der Waals surface area contributed by atoms with Crippen molar-refractivity contribution in [2.24, 2.45) is 5.73 Å². The molecule has 3 rings (SSSR count). The number of aliphatic hydroxyl groups is 1. The highest BCUT2D eigenvalue weighted by Gasteiger charge is 2.12. The molecule has 8 nitrogen and oxygen atoms in total. The molecule has 0 saturated heterocycles. The van der Waals surface area contributed by atoms with Crippen molar-refractivity contribution in [2.45, 2.75) is 6.04 Å². The summed E-state index contributed by atoms with van der Waals surface area (Å²) in [5.74, 6) is 0.949. The number of nitrogen functional groups attached to an aromatic ring is 1. The van der Waals surface area contributed by atoms with Crippen molar-refractivity contribution in [3.05, 3.63) is 48.0 Å². The van der Waals surface area contributed by atoms with Crippen LogP contribution in [-0.2, 0) is 4.79 Å². The van der Waals surface area contributed by atoms with Crippen molar-refractivity contribution in [1.29, 1.82) is 5.26 Å². The number of aromatic amines is 1. The summed E-state index contributed by atoms with van der Waals surface area (Å²) in [5, 5.41) is 21.3. The van der Waals surface area contributed by atoms with Gasteiger partial charge in [-0.25, -0.2) is 0 Å². The molecule has 0 fully saturated rings. The van der Waals surface area contributed by atoms with E-state index in [0.29, 0.717) is 34.0 Å². The van der Waals surface area contributed by atoms with Gasteiger partial charge in [0, 0.05) is 16.6 Å². The predicted molar refractivity (Wildman–Crippen MR) is 97.6 cm³/mol. The molecule has 1 amide bonds. The molecule has 7 N–H and O–H groups in total. The number of fused-ring (bicyclic) bond motifs is 1. The van der Waals surface area contributed by atoms with Gasteiger partial charge in [-0.15, -0.1) is 0 Å². The van der Waals surface area contributed by atoms with Gasteiger partial charge in [0.15, 0.2) is 0 Å². The Morgan fingerprint density at radius 1 is 1.27 bits per heavy atom. The number of benzene rings is 2. The average molecular weight is 351 g/mol. The lowest BCUT2D eigenvalue weighted by atomic mass is 10.1. The molecule has 1 atom stereocenters. The van der Waals surface area contributed by atoms with Gasteiger partial charge in [-0.1, -0.05) is 0 Å². The van der Waals surface area contributed by atoms with Crippen LogP contribution in [0, 0.1) is 11.3 Å². The lowest BCUT2D eigenvalue weighted by Crippen LogP contribution is -2.38. The SMILES string of the molecule is N#Cc1c(N)[nH]c2ccc(Oc3ccc(NC(=O)[C@@H](N)CO)cc3)cc12. The van der Waals surface area contributed by atoms with Gasteiger partial charge in [0.05, 0.1) is 6.61 Å². The third-order valence-electron chi connectivity index (χ3n) is 3.80. The molecule has 0 unspecified atom stereocenters. The lowest BCUT2D eigenvalue weighted by molar-refractivity contribution is -0.118. The Labute approximate surface area is 149 Å². The van der Waals surface area contributed by atoms with Gasteiger partial charge in [-0.2, -0.15) is 5.26 Å². The normalized spacial score (nSPS) is 11.7. The van der Waals surface area contributed by atoms with E-state index in [1.807, 2.05) is 0 Å². The smallest absolute Gasteiger partial charge is 0.243 e. The van der Waals surface area contributed by atoms with E-state index >= 15 is 0 Å². The summed E-state index contributed by atoms with van der Waals surface area (Å²) < 4.78 is 5.78. The van der Waals surface area contributed by atoms with Crippen LogP contribution < -0.4 is 21.5 Å². The minimum absolute atomic E-state index is 0.320. The number of amides is 1. The summed E-state index contributed by atoms with van der Waals surface area (Å²) in [6.45, 7) is -0.427. The molecule has 0 saturated carbocycles. The maximum atomic E-state index is 11.6. The van der Waals surface area contributed by atoms with Gasteiger partial charge in [0.2, 0.25) is 5.91 Å². The number of carbonyl (C=O) groups excluding carboxylic acids is 1. The van der Waals surface area contributed by atoms with Crippen molar-refractivity contribution in [2.75, 3.05) is 17.7 Å². The monoisotopic (exact) mass is 351 g/mol. The van der Waals surface area contributed by atoms with Crippen LogP contribution in [0.1, 0.15) is 5.56 Å². The molecule has 2 aromatic carbocycles. The number of rotatable bonds is 5. The number of hydrogen-bond acceptors (Lipinski definition) is 6. The van der Waals surface area contributed by atoms with E-state index in [-0.39, 0.29) is 0 Å². The molecule has 0 radical (unpaired) electrons. The first-order chi connectivity index (χ1) is 12.5. The Hall–Kier alpha value is -3.54. The van der Waals surface area contributed by atoms with Crippen LogP contribution in [0.3, 0.4) is 0 Å². The van der Waals surface area contributed by atoms with Crippen LogP contribution in [-0.4, -0.2) is 28.6 Å². The van der Waals surface area contributed by atoms with E-state index in [0.717, 1.165) is 5.52 Å². The summed E-state index contributed by atoms with van der Waals surface area (Å²) in [7, 11) is 0. The van der Waals surface area contributed by atoms with Crippen molar-refractivity contribution in [3.63, 3.8) is 0 Å². The highest BCUT2D eigenvalue weighted by Crippen LogP contribution is 2.30. The molecule has 0 bridgehead atoms. The number of hydrogen-bond donors (Lipinski definition) is 5. The summed E-state index contributed by atoms with van der Waals surface area (Å²) in [6, 6.07) is 13.1. The molecule has 132 valence electrons. The quantitative estimate of drug-likeness (QED) is 0.472. The van der Waals surface area contributed by atoms with Crippen LogP contribution in [0.25, 0.3) is 10.9 Å². The van der Waals surface area contributed by atoms with Gasteiger partial charge >= 0.3 is 0 Å². The van der Waals surface area contributed by atoms with Crippen molar-refractivity contribution in [3.8, 4) is 17.6 Å². The lowest BCUT2D eigenvalue weighted by Gasteiger charge is -2.10. The molecular weight excluding hydrogens is 334 g/mol. The van der Waals surface area contributed by atoms with Gasteiger partial charge in [-0.05, 0) is 42.5 Å². The molecule has 0 aliphatic carbocycles. The zero-order chi connectivity index (χ0) is 18.7. The number of nitriles is 1. The zero-order valence-corrected chi connectivity index (χ0v) is 13.7. The average Bonchev–Trinajstić information content (AvgIpc) is 2.96. The Balaban J connectivity index is 1.76. The van der Waals surface area contributed by atoms with Gasteiger partial charge in [-0.3, -0.25) is 4.79 Å². The van der Waals surface area contributed by atoms with Crippen molar-refractivity contribution >= 4 is 28.3 Å². The van der Waals surface area contributed by atoms with Gasteiger partial charge in [0.25, 0.3) is 0 Å². The molecule has 1 aromatic heterocycles. The predicted octanol–water partition coefficient (Wildman–Crippen LogP) is 1.67. The fourth-order valence-electron chi connectivity index (χ4n) is 2.44. The highest BCUT2D eigenvalue weighted by molar-refractivity contribution is 5.95. The number of nitrogens with one attached hydrogen (secondary N) is 2. The molecule has 8 heteroatoms. The molecule has 0 aliphatic heterocycles. The van der Waals surface area contributed by atoms with E-state index in [1.165, 1.54) is 0 Å². The van der Waals surface area contributed by atoms with Crippen LogP contribution in [0.2, 0.25) is 0 Å².